The maximum Gasteiger partial charge on any atom is 0.357 e. The highest BCUT2D eigenvalue weighted by Gasteiger charge is 2.40. The van der Waals surface area contributed by atoms with E-state index < -0.39 is 23.4 Å². The van der Waals surface area contributed by atoms with Crippen LogP contribution in [0.4, 0.5) is 0 Å². The number of rotatable bonds is 2. The smallest absolute Gasteiger partial charge is 0.357 e. The Morgan fingerprint density at radius 3 is 2.00 bits per heavy atom. The van der Waals surface area contributed by atoms with E-state index in [1.54, 1.807) is 32.9 Å². The van der Waals surface area contributed by atoms with Crippen molar-refractivity contribution in [2.75, 3.05) is 0 Å². The second-order valence-corrected chi connectivity index (χ2v) is 5.55. The maximum atomic E-state index is 12.3. The van der Waals surface area contributed by atoms with Gasteiger partial charge in [-0.2, -0.15) is 0 Å². The van der Waals surface area contributed by atoms with E-state index in [2.05, 4.69) is 0 Å². The van der Waals surface area contributed by atoms with Crippen molar-refractivity contribution in [1.82, 2.24) is 4.90 Å². The summed E-state index contributed by atoms with van der Waals surface area (Å²) in [7, 11) is 0. The molecule has 1 aromatic rings. The van der Waals surface area contributed by atoms with Crippen molar-refractivity contribution in [2.24, 2.45) is 5.73 Å². The summed E-state index contributed by atoms with van der Waals surface area (Å²) in [6.07, 6.45) is 0.912. The SMILES string of the molecule is CC(C)(C)OC(=O)C(=CN)N1C(=O)c2ccccc2C1=O. The lowest BCUT2D eigenvalue weighted by molar-refractivity contribution is -0.151. The van der Waals surface area contributed by atoms with Crippen LogP contribution in [0.1, 0.15) is 41.5 Å². The van der Waals surface area contributed by atoms with Crippen molar-refractivity contribution in [1.29, 1.82) is 0 Å². The third kappa shape index (κ3) is 2.65. The molecule has 0 aromatic heterocycles. The van der Waals surface area contributed by atoms with E-state index in [-0.39, 0.29) is 16.8 Å². The number of hydrogen-bond acceptors (Lipinski definition) is 5. The van der Waals surface area contributed by atoms with Gasteiger partial charge in [-0.15, -0.1) is 0 Å². The maximum absolute atomic E-state index is 12.3. The van der Waals surface area contributed by atoms with Gasteiger partial charge >= 0.3 is 5.97 Å². The van der Waals surface area contributed by atoms with Crippen molar-refractivity contribution in [3.8, 4) is 0 Å². The van der Waals surface area contributed by atoms with Crippen molar-refractivity contribution in [2.45, 2.75) is 26.4 Å². The standard InChI is InChI=1S/C15H16N2O4/c1-15(2,3)21-14(20)11(8-16)17-12(18)9-6-4-5-7-10(9)13(17)19/h4-8H,16H2,1-3H3. The molecule has 0 aliphatic carbocycles. The summed E-state index contributed by atoms with van der Waals surface area (Å²) >= 11 is 0. The van der Waals surface area contributed by atoms with Crippen molar-refractivity contribution >= 4 is 17.8 Å². The molecular weight excluding hydrogens is 272 g/mol. The number of hydrogen-bond donors (Lipinski definition) is 1. The summed E-state index contributed by atoms with van der Waals surface area (Å²) in [4.78, 5) is 37.4. The fourth-order valence-corrected chi connectivity index (χ4v) is 1.97. The summed E-state index contributed by atoms with van der Waals surface area (Å²) < 4.78 is 5.17. The Balaban J connectivity index is 2.36. The summed E-state index contributed by atoms with van der Waals surface area (Å²) in [6, 6.07) is 6.34. The van der Waals surface area contributed by atoms with Gasteiger partial charge < -0.3 is 10.5 Å². The highest BCUT2D eigenvalue weighted by atomic mass is 16.6. The van der Waals surface area contributed by atoms with Crippen LogP contribution in [0.5, 0.6) is 0 Å². The first-order valence-electron chi connectivity index (χ1n) is 6.39. The van der Waals surface area contributed by atoms with Crippen LogP contribution in [0.25, 0.3) is 0 Å². The number of amides is 2. The molecule has 1 aliphatic rings. The third-order valence-electron chi connectivity index (χ3n) is 2.80. The van der Waals surface area contributed by atoms with Crippen LogP contribution in [0, 0.1) is 0 Å². The number of nitrogens with zero attached hydrogens (tertiary/aromatic N) is 1. The minimum Gasteiger partial charge on any atom is -0.455 e. The molecule has 2 N–H and O–H groups in total. The average Bonchev–Trinajstić information content (AvgIpc) is 2.64. The minimum atomic E-state index is -0.820. The van der Waals surface area contributed by atoms with Crippen LogP contribution in [-0.4, -0.2) is 28.3 Å². The van der Waals surface area contributed by atoms with Gasteiger partial charge in [0, 0.05) is 6.20 Å². The summed E-state index contributed by atoms with van der Waals surface area (Å²) in [5.74, 6) is -1.99. The van der Waals surface area contributed by atoms with Crippen LogP contribution in [0.15, 0.2) is 36.2 Å². The van der Waals surface area contributed by atoms with E-state index in [0.29, 0.717) is 0 Å². The normalized spacial score (nSPS) is 15.2. The number of fused-ring (bicyclic) bond motifs is 1. The van der Waals surface area contributed by atoms with E-state index in [0.717, 1.165) is 11.1 Å². The van der Waals surface area contributed by atoms with Crippen molar-refractivity contribution in [3.05, 3.63) is 47.3 Å². The molecule has 0 atom stereocenters. The Hall–Kier alpha value is -2.63. The van der Waals surface area contributed by atoms with Crippen LogP contribution in [0.2, 0.25) is 0 Å². The molecule has 0 bridgehead atoms. The van der Waals surface area contributed by atoms with Crippen molar-refractivity contribution in [3.63, 3.8) is 0 Å². The fourth-order valence-electron chi connectivity index (χ4n) is 1.97. The molecule has 2 amide bonds. The Labute approximate surface area is 122 Å². The largest absolute Gasteiger partial charge is 0.455 e. The molecule has 2 rings (SSSR count). The molecule has 0 unspecified atom stereocenters. The lowest BCUT2D eigenvalue weighted by Crippen LogP contribution is -2.37. The number of imide groups is 1. The quantitative estimate of drug-likeness (QED) is 0.505. The zero-order chi connectivity index (χ0) is 15.8. The molecule has 0 radical (unpaired) electrons. The Bertz CT molecular complexity index is 621. The Morgan fingerprint density at radius 2 is 1.62 bits per heavy atom. The molecular formula is C15H16N2O4. The summed E-state index contributed by atoms with van der Waals surface area (Å²) in [5.41, 5.74) is 4.86. The predicted molar refractivity (Wildman–Crippen MR) is 75.1 cm³/mol. The van der Waals surface area contributed by atoms with Gasteiger partial charge in [-0.3, -0.25) is 9.59 Å². The third-order valence-corrected chi connectivity index (χ3v) is 2.80. The molecule has 0 saturated carbocycles. The van der Waals surface area contributed by atoms with E-state index in [1.165, 1.54) is 12.1 Å². The Kier molecular flexibility index (Phi) is 3.55. The highest BCUT2D eigenvalue weighted by Crippen LogP contribution is 2.26. The van der Waals surface area contributed by atoms with Gasteiger partial charge in [0.05, 0.1) is 11.1 Å². The topological polar surface area (TPSA) is 89.7 Å². The van der Waals surface area contributed by atoms with Gasteiger partial charge in [0.1, 0.15) is 5.60 Å². The predicted octanol–water partition coefficient (Wildman–Crippen LogP) is 1.42. The molecule has 1 aromatic carbocycles. The second kappa shape index (κ2) is 5.05. The van der Waals surface area contributed by atoms with E-state index in [9.17, 15) is 14.4 Å². The lowest BCUT2D eigenvalue weighted by atomic mass is 10.1. The van der Waals surface area contributed by atoms with Crippen LogP contribution in [-0.2, 0) is 9.53 Å². The number of esters is 1. The molecule has 21 heavy (non-hydrogen) atoms. The van der Waals surface area contributed by atoms with E-state index in [4.69, 9.17) is 10.5 Å². The zero-order valence-corrected chi connectivity index (χ0v) is 12.0. The molecule has 0 fully saturated rings. The number of carbonyl (C=O) groups is 3. The highest BCUT2D eigenvalue weighted by molar-refractivity contribution is 6.24. The number of ether oxygens (including phenoxy) is 1. The molecule has 0 saturated heterocycles. The number of benzene rings is 1. The fraction of sp³-hybridized carbons (Fsp3) is 0.267. The minimum absolute atomic E-state index is 0.241. The van der Waals surface area contributed by atoms with Crippen molar-refractivity contribution < 1.29 is 19.1 Å². The van der Waals surface area contributed by atoms with Gasteiger partial charge in [0.25, 0.3) is 11.8 Å². The van der Waals surface area contributed by atoms with E-state index in [1.807, 2.05) is 0 Å². The molecule has 110 valence electrons. The lowest BCUT2D eigenvalue weighted by Gasteiger charge is -2.23. The number of carbonyl (C=O) groups excluding carboxylic acids is 3. The van der Waals surface area contributed by atoms with Gasteiger partial charge in [-0.25, -0.2) is 9.69 Å². The molecule has 0 spiro atoms. The first kappa shape index (κ1) is 14.8. The molecule has 6 heteroatoms. The van der Waals surface area contributed by atoms with Gasteiger partial charge in [-0.05, 0) is 32.9 Å². The zero-order valence-electron chi connectivity index (χ0n) is 12.0. The molecule has 6 nitrogen and oxygen atoms in total. The van der Waals surface area contributed by atoms with Crippen LogP contribution >= 0.6 is 0 Å². The van der Waals surface area contributed by atoms with Gasteiger partial charge in [0.15, 0.2) is 5.70 Å². The average molecular weight is 288 g/mol. The van der Waals surface area contributed by atoms with Crippen LogP contribution in [0.3, 0.4) is 0 Å². The molecule has 1 aliphatic heterocycles. The first-order valence-corrected chi connectivity index (χ1v) is 6.39. The van der Waals surface area contributed by atoms with Gasteiger partial charge in [-0.1, -0.05) is 12.1 Å². The second-order valence-electron chi connectivity index (χ2n) is 5.55. The summed E-state index contributed by atoms with van der Waals surface area (Å²) in [5, 5.41) is 0. The monoisotopic (exact) mass is 288 g/mol. The van der Waals surface area contributed by atoms with E-state index >= 15 is 0 Å². The Morgan fingerprint density at radius 1 is 1.14 bits per heavy atom. The molecule has 1 heterocycles. The first-order chi connectivity index (χ1) is 9.76. The van der Waals surface area contributed by atoms with Crippen LogP contribution < -0.4 is 5.73 Å². The van der Waals surface area contributed by atoms with Gasteiger partial charge in [0.2, 0.25) is 0 Å². The summed E-state index contributed by atoms with van der Waals surface area (Å²) in [6.45, 7) is 5.05. The number of nitrogens with two attached hydrogens (primary N) is 1.